The molecule has 0 aliphatic rings. The minimum atomic E-state index is -0.175. The molecule has 4 aromatic rings. The summed E-state index contributed by atoms with van der Waals surface area (Å²) in [5.74, 6) is 5.85. The van der Waals surface area contributed by atoms with Crippen molar-refractivity contribution in [3.8, 4) is 23.1 Å². The number of pyridine rings is 2. The van der Waals surface area contributed by atoms with Gasteiger partial charge in [0.15, 0.2) is 0 Å². The van der Waals surface area contributed by atoms with Crippen LogP contribution in [0.5, 0.6) is 0 Å². The largest absolute Gasteiger partial charge is 0.341 e. The lowest BCUT2D eigenvalue weighted by molar-refractivity contribution is 0.0960. The van der Waals surface area contributed by atoms with E-state index in [2.05, 4.69) is 27.1 Å². The molecule has 0 radical (unpaired) electrons. The van der Waals surface area contributed by atoms with Gasteiger partial charge in [-0.05, 0) is 36.4 Å². The van der Waals surface area contributed by atoms with Gasteiger partial charge < -0.3 is 5.32 Å². The van der Waals surface area contributed by atoms with E-state index in [0.717, 1.165) is 22.0 Å². The molecule has 2 aromatic heterocycles. The lowest BCUT2D eigenvalue weighted by atomic mass is 10.0. The smallest absolute Gasteiger partial charge is 0.252 e. The summed E-state index contributed by atoms with van der Waals surface area (Å²) in [6.45, 7) is 0.270. The highest BCUT2D eigenvalue weighted by Crippen LogP contribution is 2.24. The molecule has 0 aliphatic carbocycles. The molecule has 134 valence electrons. The van der Waals surface area contributed by atoms with Crippen LogP contribution in [0.1, 0.15) is 15.9 Å². The number of aromatic nitrogens is 2. The predicted molar refractivity (Wildman–Crippen MR) is 111 cm³/mol. The van der Waals surface area contributed by atoms with Gasteiger partial charge in [0.1, 0.15) is 0 Å². The molecule has 28 heavy (non-hydrogen) atoms. The third-order valence-corrected chi connectivity index (χ3v) is 4.26. The van der Waals surface area contributed by atoms with E-state index in [1.54, 1.807) is 18.5 Å². The molecule has 0 fully saturated rings. The molecular weight excluding hydrogens is 346 g/mol. The number of nitrogens with zero attached hydrogens (tertiary/aromatic N) is 2. The minimum absolute atomic E-state index is 0.175. The molecule has 0 saturated heterocycles. The zero-order valence-electron chi connectivity index (χ0n) is 15.1. The van der Waals surface area contributed by atoms with Crippen molar-refractivity contribution in [2.24, 2.45) is 0 Å². The Morgan fingerprint density at radius 2 is 1.79 bits per heavy atom. The number of carbonyl (C=O) groups excluding carboxylic acids is 1. The summed E-state index contributed by atoms with van der Waals surface area (Å²) < 4.78 is 0. The Kier molecular flexibility index (Phi) is 5.08. The SMILES string of the molecule is O=C(NCC#Cc1ccccc1)c1cc(-c2cccnc2)nc2ccccc12. The molecule has 0 unspecified atom stereocenters. The molecule has 1 amide bonds. The van der Waals surface area contributed by atoms with Crippen molar-refractivity contribution in [2.75, 3.05) is 6.54 Å². The summed E-state index contributed by atoms with van der Waals surface area (Å²) in [7, 11) is 0. The van der Waals surface area contributed by atoms with Crippen LogP contribution >= 0.6 is 0 Å². The van der Waals surface area contributed by atoms with Gasteiger partial charge in [-0.3, -0.25) is 9.78 Å². The fourth-order valence-electron chi connectivity index (χ4n) is 2.91. The molecule has 2 aromatic carbocycles. The van der Waals surface area contributed by atoms with E-state index in [1.165, 1.54) is 0 Å². The molecule has 2 heterocycles. The van der Waals surface area contributed by atoms with Crippen molar-refractivity contribution in [1.82, 2.24) is 15.3 Å². The quantitative estimate of drug-likeness (QED) is 0.558. The van der Waals surface area contributed by atoms with Crippen LogP contribution in [0.25, 0.3) is 22.2 Å². The average Bonchev–Trinajstić information content (AvgIpc) is 2.77. The Bertz CT molecular complexity index is 1180. The zero-order valence-corrected chi connectivity index (χ0v) is 15.1. The second-order valence-corrected chi connectivity index (χ2v) is 6.16. The van der Waals surface area contributed by atoms with E-state index in [1.807, 2.05) is 66.7 Å². The summed E-state index contributed by atoms with van der Waals surface area (Å²) in [6.07, 6.45) is 3.45. The molecule has 1 N–H and O–H groups in total. The molecule has 0 spiro atoms. The second kappa shape index (κ2) is 8.15. The monoisotopic (exact) mass is 363 g/mol. The minimum Gasteiger partial charge on any atom is -0.341 e. The average molecular weight is 363 g/mol. The first-order chi connectivity index (χ1) is 13.8. The van der Waals surface area contributed by atoms with Crippen molar-refractivity contribution in [3.05, 3.63) is 96.3 Å². The number of hydrogen-bond donors (Lipinski definition) is 1. The van der Waals surface area contributed by atoms with E-state index in [-0.39, 0.29) is 12.5 Å². The van der Waals surface area contributed by atoms with Gasteiger partial charge >= 0.3 is 0 Å². The highest BCUT2D eigenvalue weighted by atomic mass is 16.1. The van der Waals surface area contributed by atoms with Crippen LogP contribution in [-0.4, -0.2) is 22.4 Å². The fourth-order valence-corrected chi connectivity index (χ4v) is 2.91. The number of amides is 1. The van der Waals surface area contributed by atoms with Crippen LogP contribution in [0, 0.1) is 11.8 Å². The van der Waals surface area contributed by atoms with Gasteiger partial charge in [-0.2, -0.15) is 0 Å². The molecule has 0 saturated carbocycles. The first kappa shape index (κ1) is 17.4. The van der Waals surface area contributed by atoms with Crippen LogP contribution < -0.4 is 5.32 Å². The van der Waals surface area contributed by atoms with Crippen LogP contribution in [0.4, 0.5) is 0 Å². The predicted octanol–water partition coefficient (Wildman–Crippen LogP) is 4.08. The number of rotatable bonds is 3. The van der Waals surface area contributed by atoms with Crippen molar-refractivity contribution in [2.45, 2.75) is 0 Å². The van der Waals surface area contributed by atoms with E-state index in [4.69, 9.17) is 0 Å². The van der Waals surface area contributed by atoms with Crippen molar-refractivity contribution >= 4 is 16.8 Å². The molecular formula is C24H17N3O. The lowest BCUT2D eigenvalue weighted by Crippen LogP contribution is -2.24. The Hall–Kier alpha value is -3.97. The summed E-state index contributed by atoms with van der Waals surface area (Å²) in [6, 6.07) is 22.9. The summed E-state index contributed by atoms with van der Waals surface area (Å²) in [4.78, 5) is 21.7. The van der Waals surface area contributed by atoms with Crippen molar-refractivity contribution in [1.29, 1.82) is 0 Å². The Balaban J connectivity index is 1.62. The van der Waals surface area contributed by atoms with Crippen LogP contribution in [0.3, 0.4) is 0 Å². The van der Waals surface area contributed by atoms with Crippen molar-refractivity contribution < 1.29 is 4.79 Å². The Morgan fingerprint density at radius 3 is 2.61 bits per heavy atom. The number of hydrogen-bond acceptors (Lipinski definition) is 3. The number of para-hydroxylation sites is 1. The van der Waals surface area contributed by atoms with Gasteiger partial charge in [-0.1, -0.05) is 48.2 Å². The Labute approximate surface area is 163 Å². The fraction of sp³-hybridized carbons (Fsp3) is 0.0417. The van der Waals surface area contributed by atoms with E-state index in [9.17, 15) is 4.79 Å². The van der Waals surface area contributed by atoms with Crippen molar-refractivity contribution in [3.63, 3.8) is 0 Å². The number of fused-ring (bicyclic) bond motifs is 1. The maximum absolute atomic E-state index is 12.8. The van der Waals surface area contributed by atoms with Crippen LogP contribution in [-0.2, 0) is 0 Å². The van der Waals surface area contributed by atoms with Gasteiger partial charge in [0.05, 0.1) is 23.3 Å². The molecule has 0 bridgehead atoms. The highest BCUT2D eigenvalue weighted by molar-refractivity contribution is 6.07. The molecule has 4 rings (SSSR count). The van der Waals surface area contributed by atoms with Gasteiger partial charge in [0, 0.05) is 28.9 Å². The summed E-state index contributed by atoms with van der Waals surface area (Å²) in [5.41, 5.74) is 3.85. The lowest BCUT2D eigenvalue weighted by Gasteiger charge is -2.09. The van der Waals surface area contributed by atoms with E-state index in [0.29, 0.717) is 11.3 Å². The van der Waals surface area contributed by atoms with Crippen LogP contribution in [0.15, 0.2) is 85.2 Å². The van der Waals surface area contributed by atoms with Gasteiger partial charge in [0.2, 0.25) is 0 Å². The molecule has 4 heteroatoms. The maximum Gasteiger partial charge on any atom is 0.252 e. The highest BCUT2D eigenvalue weighted by Gasteiger charge is 2.13. The van der Waals surface area contributed by atoms with E-state index >= 15 is 0 Å². The summed E-state index contributed by atoms with van der Waals surface area (Å²) in [5, 5.41) is 3.69. The standard InChI is InChI=1S/C24H17N3O/c28-24(26-15-6-10-18-8-2-1-3-9-18)21-16-23(19-11-7-14-25-17-19)27-22-13-5-4-12-20(21)22/h1-5,7-9,11-14,16-17H,15H2,(H,26,28). The molecule has 4 nitrogen and oxygen atoms in total. The van der Waals surface area contributed by atoms with Gasteiger partial charge in [0.25, 0.3) is 5.91 Å². The van der Waals surface area contributed by atoms with Crippen LogP contribution in [0.2, 0.25) is 0 Å². The van der Waals surface area contributed by atoms with Gasteiger partial charge in [-0.25, -0.2) is 4.98 Å². The first-order valence-corrected chi connectivity index (χ1v) is 8.93. The normalized spacial score (nSPS) is 10.1. The Morgan fingerprint density at radius 1 is 0.964 bits per heavy atom. The van der Waals surface area contributed by atoms with E-state index < -0.39 is 0 Å². The molecule has 0 atom stereocenters. The van der Waals surface area contributed by atoms with Gasteiger partial charge in [-0.15, -0.1) is 0 Å². The second-order valence-electron chi connectivity index (χ2n) is 6.16. The third-order valence-electron chi connectivity index (χ3n) is 4.26. The topological polar surface area (TPSA) is 54.9 Å². The number of nitrogens with one attached hydrogen (secondary N) is 1. The zero-order chi connectivity index (χ0) is 19.2. The first-order valence-electron chi connectivity index (χ1n) is 8.93. The summed E-state index contributed by atoms with van der Waals surface area (Å²) >= 11 is 0. The number of carbonyl (C=O) groups is 1. The number of benzene rings is 2. The third kappa shape index (κ3) is 3.89. The molecule has 0 aliphatic heterocycles. The maximum atomic E-state index is 12.8.